The SMILES string of the molecule is Cn1cc(CSc2ccc(CNC(C)(C)C)cc2)nn1. The lowest BCUT2D eigenvalue weighted by molar-refractivity contribution is 0.424. The number of aromatic nitrogens is 3. The van der Waals surface area contributed by atoms with Gasteiger partial charge in [-0.25, -0.2) is 0 Å². The molecular weight excluding hydrogens is 268 g/mol. The first-order valence-corrected chi connectivity index (χ1v) is 7.73. The minimum atomic E-state index is 0.152. The molecule has 0 fully saturated rings. The summed E-state index contributed by atoms with van der Waals surface area (Å²) in [7, 11) is 1.89. The van der Waals surface area contributed by atoms with Crippen molar-refractivity contribution in [3.05, 3.63) is 41.7 Å². The van der Waals surface area contributed by atoms with Crippen molar-refractivity contribution in [3.8, 4) is 0 Å². The van der Waals surface area contributed by atoms with Crippen LogP contribution in [0.2, 0.25) is 0 Å². The number of benzene rings is 1. The lowest BCUT2D eigenvalue weighted by Gasteiger charge is -2.20. The molecule has 108 valence electrons. The first-order chi connectivity index (χ1) is 9.42. The Morgan fingerprint density at radius 3 is 2.45 bits per heavy atom. The molecule has 0 spiro atoms. The summed E-state index contributed by atoms with van der Waals surface area (Å²) >= 11 is 1.78. The monoisotopic (exact) mass is 290 g/mol. The fourth-order valence-electron chi connectivity index (χ4n) is 1.69. The Hall–Kier alpha value is -1.33. The summed E-state index contributed by atoms with van der Waals surface area (Å²) in [5, 5.41) is 11.5. The van der Waals surface area contributed by atoms with Crippen LogP contribution in [0.15, 0.2) is 35.4 Å². The summed E-state index contributed by atoms with van der Waals surface area (Å²) < 4.78 is 1.73. The van der Waals surface area contributed by atoms with E-state index in [4.69, 9.17) is 0 Å². The molecule has 1 N–H and O–H groups in total. The Kier molecular flexibility index (Phi) is 4.83. The molecule has 0 atom stereocenters. The number of thioether (sulfide) groups is 1. The molecule has 0 unspecified atom stereocenters. The van der Waals surface area contributed by atoms with Crippen molar-refractivity contribution in [3.63, 3.8) is 0 Å². The first kappa shape index (κ1) is 15.1. The Bertz CT molecular complexity index is 540. The molecule has 0 amide bonds. The van der Waals surface area contributed by atoms with E-state index in [2.05, 4.69) is 60.7 Å². The van der Waals surface area contributed by atoms with Gasteiger partial charge in [0.2, 0.25) is 0 Å². The number of nitrogens with zero attached hydrogens (tertiary/aromatic N) is 3. The molecule has 0 aliphatic rings. The Labute approximate surface area is 125 Å². The van der Waals surface area contributed by atoms with Crippen LogP contribution in [0.3, 0.4) is 0 Å². The number of hydrogen-bond acceptors (Lipinski definition) is 4. The van der Waals surface area contributed by atoms with Gasteiger partial charge in [0.15, 0.2) is 0 Å². The van der Waals surface area contributed by atoms with Crippen LogP contribution >= 0.6 is 11.8 Å². The zero-order valence-corrected chi connectivity index (χ0v) is 13.4. The highest BCUT2D eigenvalue weighted by Crippen LogP contribution is 2.22. The lowest BCUT2D eigenvalue weighted by Crippen LogP contribution is -2.35. The van der Waals surface area contributed by atoms with E-state index in [1.165, 1.54) is 10.5 Å². The second-order valence-corrected chi connectivity index (χ2v) is 6.97. The molecule has 0 radical (unpaired) electrons. The average molecular weight is 290 g/mol. The van der Waals surface area contributed by atoms with E-state index < -0.39 is 0 Å². The van der Waals surface area contributed by atoms with Crippen molar-refractivity contribution in [2.24, 2.45) is 7.05 Å². The highest BCUT2D eigenvalue weighted by atomic mass is 32.2. The van der Waals surface area contributed by atoms with Crippen LogP contribution in [0.5, 0.6) is 0 Å². The Balaban J connectivity index is 1.85. The van der Waals surface area contributed by atoms with Crippen LogP contribution in [0.1, 0.15) is 32.0 Å². The van der Waals surface area contributed by atoms with Crippen LogP contribution in [0, 0.1) is 0 Å². The van der Waals surface area contributed by atoms with Crippen LogP contribution < -0.4 is 5.32 Å². The maximum atomic E-state index is 4.09. The summed E-state index contributed by atoms with van der Waals surface area (Å²) in [6.07, 6.45) is 1.95. The topological polar surface area (TPSA) is 42.7 Å². The van der Waals surface area contributed by atoms with Crippen molar-refractivity contribution in [2.75, 3.05) is 0 Å². The molecule has 1 aromatic heterocycles. The van der Waals surface area contributed by atoms with Crippen LogP contribution in [0.4, 0.5) is 0 Å². The highest BCUT2D eigenvalue weighted by Gasteiger charge is 2.08. The zero-order valence-electron chi connectivity index (χ0n) is 12.6. The molecule has 0 aliphatic carbocycles. The van der Waals surface area contributed by atoms with Crippen molar-refractivity contribution in [2.45, 2.75) is 43.5 Å². The van der Waals surface area contributed by atoms with Gasteiger partial charge in [0.1, 0.15) is 0 Å². The lowest BCUT2D eigenvalue weighted by atomic mass is 10.1. The fourth-order valence-corrected chi connectivity index (χ4v) is 2.46. The van der Waals surface area contributed by atoms with Gasteiger partial charge in [0, 0.05) is 36.0 Å². The molecule has 4 nitrogen and oxygen atoms in total. The minimum Gasteiger partial charge on any atom is -0.308 e. The van der Waals surface area contributed by atoms with E-state index in [1.54, 1.807) is 16.4 Å². The van der Waals surface area contributed by atoms with E-state index in [-0.39, 0.29) is 5.54 Å². The number of nitrogens with one attached hydrogen (secondary N) is 1. The van der Waals surface area contributed by atoms with Gasteiger partial charge >= 0.3 is 0 Å². The van der Waals surface area contributed by atoms with Crippen molar-refractivity contribution < 1.29 is 0 Å². The summed E-state index contributed by atoms with van der Waals surface area (Å²) in [5.41, 5.74) is 2.47. The largest absolute Gasteiger partial charge is 0.308 e. The fraction of sp³-hybridized carbons (Fsp3) is 0.467. The standard InChI is InChI=1S/C15H22N4S/c1-15(2,3)16-9-12-5-7-14(8-6-12)20-11-13-10-19(4)18-17-13/h5-8,10,16H,9,11H2,1-4H3. The van der Waals surface area contributed by atoms with Crippen LogP contribution in [-0.2, 0) is 19.3 Å². The molecule has 2 aromatic rings. The zero-order chi connectivity index (χ0) is 14.6. The van der Waals surface area contributed by atoms with Gasteiger partial charge in [-0.1, -0.05) is 17.3 Å². The quantitative estimate of drug-likeness (QED) is 0.860. The molecule has 0 saturated heterocycles. The van der Waals surface area contributed by atoms with Gasteiger partial charge in [0.25, 0.3) is 0 Å². The minimum absolute atomic E-state index is 0.152. The summed E-state index contributed by atoms with van der Waals surface area (Å²) in [4.78, 5) is 1.26. The summed E-state index contributed by atoms with van der Waals surface area (Å²) in [6, 6.07) is 8.69. The molecule has 1 aromatic carbocycles. The van der Waals surface area contributed by atoms with Gasteiger partial charge < -0.3 is 5.32 Å². The van der Waals surface area contributed by atoms with Gasteiger partial charge in [-0.05, 0) is 38.5 Å². The van der Waals surface area contributed by atoms with Gasteiger partial charge in [-0.15, -0.1) is 16.9 Å². The van der Waals surface area contributed by atoms with E-state index in [9.17, 15) is 0 Å². The predicted octanol–water partition coefficient (Wildman–Crippen LogP) is 3.00. The van der Waals surface area contributed by atoms with Crippen molar-refractivity contribution >= 4 is 11.8 Å². The van der Waals surface area contributed by atoms with Gasteiger partial charge in [0.05, 0.1) is 5.69 Å². The van der Waals surface area contributed by atoms with Gasteiger partial charge in [-0.2, -0.15) is 0 Å². The molecule has 0 saturated carbocycles. The maximum absolute atomic E-state index is 4.09. The maximum Gasteiger partial charge on any atom is 0.0929 e. The predicted molar refractivity (Wildman–Crippen MR) is 83.6 cm³/mol. The first-order valence-electron chi connectivity index (χ1n) is 6.74. The van der Waals surface area contributed by atoms with Crippen molar-refractivity contribution in [1.29, 1.82) is 0 Å². The molecule has 2 rings (SSSR count). The normalized spacial score (nSPS) is 11.8. The number of rotatable bonds is 5. The number of aryl methyl sites for hydroxylation is 1. The van der Waals surface area contributed by atoms with E-state index in [1.807, 2.05) is 13.2 Å². The molecule has 1 heterocycles. The molecule has 20 heavy (non-hydrogen) atoms. The van der Waals surface area contributed by atoms with Crippen LogP contribution in [0.25, 0.3) is 0 Å². The van der Waals surface area contributed by atoms with E-state index >= 15 is 0 Å². The third kappa shape index (κ3) is 4.98. The third-order valence-electron chi connectivity index (χ3n) is 2.78. The third-order valence-corrected chi connectivity index (χ3v) is 3.83. The second-order valence-electron chi connectivity index (χ2n) is 5.92. The van der Waals surface area contributed by atoms with E-state index in [0.717, 1.165) is 18.0 Å². The number of hydrogen-bond donors (Lipinski definition) is 1. The molecule has 0 aliphatic heterocycles. The second kappa shape index (κ2) is 6.41. The molecule has 0 bridgehead atoms. The Morgan fingerprint density at radius 1 is 1.20 bits per heavy atom. The van der Waals surface area contributed by atoms with E-state index in [0.29, 0.717) is 0 Å². The summed E-state index contributed by atoms with van der Waals surface area (Å²) in [5.74, 6) is 0.855. The Morgan fingerprint density at radius 2 is 1.90 bits per heavy atom. The highest BCUT2D eigenvalue weighted by molar-refractivity contribution is 7.98. The summed E-state index contributed by atoms with van der Waals surface area (Å²) in [6.45, 7) is 7.44. The van der Waals surface area contributed by atoms with Crippen LogP contribution in [-0.4, -0.2) is 20.5 Å². The smallest absolute Gasteiger partial charge is 0.0929 e. The molecular formula is C15H22N4S. The average Bonchev–Trinajstić information content (AvgIpc) is 2.80. The van der Waals surface area contributed by atoms with Gasteiger partial charge in [-0.3, -0.25) is 4.68 Å². The molecule has 5 heteroatoms. The van der Waals surface area contributed by atoms with Crippen molar-refractivity contribution in [1.82, 2.24) is 20.3 Å².